The fourth-order valence-corrected chi connectivity index (χ4v) is 10.2. The lowest BCUT2D eigenvalue weighted by Crippen LogP contribution is -2.36. The lowest BCUT2D eigenvalue weighted by Gasteiger charge is -2.30. The summed E-state index contributed by atoms with van der Waals surface area (Å²) in [6.07, 6.45) is 12.8. The fourth-order valence-electron chi connectivity index (χ4n) is 9.20. The molecule has 7 aromatic carbocycles. The number of benzene rings is 7. The zero-order valence-corrected chi connectivity index (χ0v) is 30.9. The predicted octanol–water partition coefficient (Wildman–Crippen LogP) is 12.0. The van der Waals surface area contributed by atoms with E-state index in [2.05, 4.69) is 181 Å². The Bertz CT molecular complexity index is 3490. The molecule has 0 radical (unpaired) electrons. The first kappa shape index (κ1) is 30.8. The molecule has 12 rings (SSSR count). The smallest absolute Gasteiger partial charge is 0.143 e. The Hall–Kier alpha value is -6.62. The summed E-state index contributed by atoms with van der Waals surface area (Å²) in [5, 5.41) is 12.3. The predicted molar refractivity (Wildman–Crippen MR) is 233 cm³/mol. The van der Waals surface area contributed by atoms with E-state index < -0.39 is 0 Å². The van der Waals surface area contributed by atoms with Crippen LogP contribution in [0.1, 0.15) is 13.3 Å². The second kappa shape index (κ2) is 11.4. The molecular formula is C51H33N3S. The van der Waals surface area contributed by atoms with Crippen molar-refractivity contribution in [2.24, 2.45) is 5.41 Å². The summed E-state index contributed by atoms with van der Waals surface area (Å²) < 4.78 is 3.70. The Morgan fingerprint density at radius 1 is 0.655 bits per heavy atom. The van der Waals surface area contributed by atoms with E-state index in [-0.39, 0.29) is 5.41 Å². The number of rotatable bonds is 3. The number of thiophene rings is 1. The minimum Gasteiger partial charge on any atom is -0.309 e. The van der Waals surface area contributed by atoms with Crippen LogP contribution in [0, 0.1) is 5.41 Å². The molecule has 2 aliphatic carbocycles. The maximum Gasteiger partial charge on any atom is 0.143 e. The molecule has 0 spiro atoms. The highest BCUT2D eigenvalue weighted by atomic mass is 32.1. The lowest BCUT2D eigenvalue weighted by molar-refractivity contribution is 0.569. The molecular weight excluding hydrogens is 687 g/mol. The molecule has 4 heteroatoms. The van der Waals surface area contributed by atoms with Gasteiger partial charge in [0.15, 0.2) is 0 Å². The van der Waals surface area contributed by atoms with Gasteiger partial charge in [0.25, 0.3) is 0 Å². The monoisotopic (exact) mass is 719 g/mol. The summed E-state index contributed by atoms with van der Waals surface area (Å²) in [6, 6.07) is 50.6. The van der Waals surface area contributed by atoms with Crippen LogP contribution in [0.5, 0.6) is 0 Å². The first-order valence-corrected chi connectivity index (χ1v) is 19.8. The maximum absolute atomic E-state index is 5.56. The van der Waals surface area contributed by atoms with Gasteiger partial charge in [-0.15, -0.1) is 11.3 Å². The van der Waals surface area contributed by atoms with E-state index in [1.165, 1.54) is 58.7 Å². The maximum atomic E-state index is 5.56. The van der Waals surface area contributed by atoms with Gasteiger partial charge in [0, 0.05) is 42.6 Å². The van der Waals surface area contributed by atoms with Crippen LogP contribution in [0.25, 0.3) is 104 Å². The first-order valence-electron chi connectivity index (χ1n) is 19.0. The molecule has 1 atom stereocenters. The van der Waals surface area contributed by atoms with Gasteiger partial charge in [0.1, 0.15) is 10.3 Å². The minimum absolute atomic E-state index is 0.0496. The zero-order chi connectivity index (χ0) is 36.3. The van der Waals surface area contributed by atoms with Crippen LogP contribution >= 0.6 is 11.3 Å². The molecule has 0 saturated carbocycles. The largest absolute Gasteiger partial charge is 0.309 e. The molecule has 55 heavy (non-hydrogen) atoms. The van der Waals surface area contributed by atoms with Gasteiger partial charge >= 0.3 is 0 Å². The molecule has 0 bridgehead atoms. The molecule has 3 heterocycles. The quantitative estimate of drug-likeness (QED) is 0.182. The Labute approximate surface area is 321 Å². The van der Waals surface area contributed by atoms with Gasteiger partial charge in [-0.25, -0.2) is 9.97 Å². The molecule has 258 valence electrons. The van der Waals surface area contributed by atoms with Crippen molar-refractivity contribution in [3.05, 3.63) is 174 Å². The van der Waals surface area contributed by atoms with Crippen LogP contribution in [0.15, 0.2) is 163 Å². The van der Waals surface area contributed by atoms with Crippen LogP contribution < -0.4 is 10.6 Å². The van der Waals surface area contributed by atoms with E-state index in [4.69, 9.17) is 9.97 Å². The summed E-state index contributed by atoms with van der Waals surface area (Å²) in [5.74, 6) is 0. The van der Waals surface area contributed by atoms with Crippen molar-refractivity contribution < 1.29 is 0 Å². The van der Waals surface area contributed by atoms with E-state index in [0.717, 1.165) is 55.7 Å². The number of fused-ring (bicyclic) bond motifs is 11. The highest BCUT2D eigenvalue weighted by Crippen LogP contribution is 2.43. The minimum atomic E-state index is -0.0496. The number of nitrogens with zero attached hydrogens (tertiary/aromatic N) is 3. The Balaban J connectivity index is 1.17. The van der Waals surface area contributed by atoms with Crippen LogP contribution in [0.4, 0.5) is 0 Å². The summed E-state index contributed by atoms with van der Waals surface area (Å²) in [5.41, 5.74) is 8.56. The van der Waals surface area contributed by atoms with Gasteiger partial charge in [-0.1, -0.05) is 140 Å². The van der Waals surface area contributed by atoms with Crippen LogP contribution in [0.3, 0.4) is 0 Å². The van der Waals surface area contributed by atoms with E-state index >= 15 is 0 Å². The van der Waals surface area contributed by atoms with Crippen molar-refractivity contribution >= 4 is 87.1 Å². The topological polar surface area (TPSA) is 30.7 Å². The normalized spacial score (nSPS) is 16.4. The molecule has 0 fully saturated rings. The SMILES string of the molecule is CC12C=c3c(n(-c4ccc(-c5nc6c(nc5-c5ccc7ccccc7c5)sc5ccccc56)c5ccccc45)c4ccc5ccccc5c34)=CC1=CC=CC2. The van der Waals surface area contributed by atoms with Crippen LogP contribution in [-0.4, -0.2) is 14.5 Å². The first-order chi connectivity index (χ1) is 27.1. The number of hydrogen-bond donors (Lipinski definition) is 0. The summed E-state index contributed by atoms with van der Waals surface area (Å²) in [6.45, 7) is 2.38. The van der Waals surface area contributed by atoms with Crippen molar-refractivity contribution in [3.8, 4) is 28.2 Å². The van der Waals surface area contributed by atoms with Crippen molar-refractivity contribution in [2.45, 2.75) is 13.3 Å². The van der Waals surface area contributed by atoms with Crippen molar-refractivity contribution in [3.63, 3.8) is 0 Å². The molecule has 10 aromatic rings. The molecule has 3 nitrogen and oxygen atoms in total. The van der Waals surface area contributed by atoms with E-state index in [0.29, 0.717) is 0 Å². The van der Waals surface area contributed by atoms with Gasteiger partial charge < -0.3 is 4.57 Å². The van der Waals surface area contributed by atoms with Gasteiger partial charge in [-0.2, -0.15) is 0 Å². The summed E-state index contributed by atoms with van der Waals surface area (Å²) >= 11 is 1.71. The average Bonchev–Trinajstić information content (AvgIpc) is 3.76. The molecule has 3 aromatic heterocycles. The molecule has 0 N–H and O–H groups in total. The van der Waals surface area contributed by atoms with Crippen LogP contribution in [-0.2, 0) is 0 Å². The third-order valence-electron chi connectivity index (χ3n) is 11.9. The van der Waals surface area contributed by atoms with E-state index in [1.54, 1.807) is 11.3 Å². The molecule has 0 saturated heterocycles. The Morgan fingerprint density at radius 2 is 1.40 bits per heavy atom. The average molecular weight is 720 g/mol. The van der Waals surface area contributed by atoms with Crippen LogP contribution in [0.2, 0.25) is 0 Å². The second-order valence-electron chi connectivity index (χ2n) is 15.2. The highest BCUT2D eigenvalue weighted by molar-refractivity contribution is 7.25. The lowest BCUT2D eigenvalue weighted by atomic mass is 9.74. The van der Waals surface area contributed by atoms with Gasteiger partial charge in [0.2, 0.25) is 0 Å². The summed E-state index contributed by atoms with van der Waals surface area (Å²) in [7, 11) is 0. The summed E-state index contributed by atoms with van der Waals surface area (Å²) in [4.78, 5) is 12.0. The standard InChI is InChI=1S/C51H33N3S/c1-51-27-11-10-15-35(51)29-44-41(30-51)46-36-16-5-4-13-32(36)23-25-43(46)54(44)42-26-24-39(37-17-6-7-18-38(37)42)48-47(34-22-21-31-12-2-3-14-33(31)28-34)53-50-49(52-48)40-19-8-9-20-45(40)55-50/h2-26,28-30H,27H2,1H3. The highest BCUT2D eigenvalue weighted by Gasteiger charge is 2.30. The fraction of sp³-hybridized carbons (Fsp3) is 0.0588. The van der Waals surface area contributed by atoms with Crippen molar-refractivity contribution in [1.82, 2.24) is 14.5 Å². The molecule has 1 unspecified atom stereocenters. The Morgan fingerprint density at radius 3 is 2.29 bits per heavy atom. The third kappa shape index (κ3) is 4.49. The molecule has 0 aliphatic heterocycles. The van der Waals surface area contributed by atoms with E-state index in [1.807, 2.05) is 0 Å². The van der Waals surface area contributed by atoms with Gasteiger partial charge in [-0.05, 0) is 75.3 Å². The number of hydrogen-bond acceptors (Lipinski definition) is 3. The number of aromatic nitrogens is 3. The zero-order valence-electron chi connectivity index (χ0n) is 30.1. The second-order valence-corrected chi connectivity index (χ2v) is 16.2. The van der Waals surface area contributed by atoms with Gasteiger partial charge in [-0.3, -0.25) is 0 Å². The third-order valence-corrected chi connectivity index (χ3v) is 13.0. The number of allylic oxidation sites excluding steroid dienone is 4. The molecule has 2 aliphatic rings. The Kier molecular flexibility index (Phi) is 6.41. The van der Waals surface area contributed by atoms with Crippen molar-refractivity contribution in [1.29, 1.82) is 0 Å². The van der Waals surface area contributed by atoms with E-state index in [9.17, 15) is 0 Å². The molecule has 0 amide bonds. The van der Waals surface area contributed by atoms with Gasteiger partial charge in [0.05, 0.1) is 27.9 Å². The van der Waals surface area contributed by atoms with Crippen molar-refractivity contribution in [2.75, 3.05) is 0 Å².